The summed E-state index contributed by atoms with van der Waals surface area (Å²) in [6, 6.07) is 11.8. The number of hydrogen-bond acceptors (Lipinski definition) is 4. The molecule has 0 aromatic heterocycles. The summed E-state index contributed by atoms with van der Waals surface area (Å²) in [6.45, 7) is 0.188. The fourth-order valence-corrected chi connectivity index (χ4v) is 2.11. The highest BCUT2D eigenvalue weighted by Gasteiger charge is 2.12. The van der Waals surface area contributed by atoms with Crippen molar-refractivity contribution in [2.24, 2.45) is 0 Å². The van der Waals surface area contributed by atoms with Crippen LogP contribution in [0.25, 0.3) is 0 Å². The standard InChI is InChI=1S/C14H12BrNO4/c1-19-13-7-6-11(16(17)18)8-10(13)9-20-14-5-3-2-4-12(14)15/h2-8H,9H2,1H3. The third-order valence-electron chi connectivity index (χ3n) is 2.69. The highest BCUT2D eigenvalue weighted by atomic mass is 79.9. The number of nitrogens with zero attached hydrogens (tertiary/aromatic N) is 1. The van der Waals surface area contributed by atoms with Gasteiger partial charge in [-0.3, -0.25) is 10.1 Å². The van der Waals surface area contributed by atoms with Gasteiger partial charge < -0.3 is 9.47 Å². The number of benzene rings is 2. The van der Waals surface area contributed by atoms with Crippen LogP contribution in [0.3, 0.4) is 0 Å². The minimum absolute atomic E-state index is 0.0107. The maximum Gasteiger partial charge on any atom is 0.270 e. The number of nitro benzene ring substituents is 1. The molecule has 0 N–H and O–H groups in total. The van der Waals surface area contributed by atoms with Crippen molar-refractivity contribution in [2.75, 3.05) is 7.11 Å². The molecule has 0 spiro atoms. The van der Waals surface area contributed by atoms with Gasteiger partial charge in [-0.05, 0) is 34.1 Å². The summed E-state index contributed by atoms with van der Waals surface area (Å²) in [7, 11) is 1.52. The average Bonchev–Trinajstić information content (AvgIpc) is 2.46. The lowest BCUT2D eigenvalue weighted by molar-refractivity contribution is -0.385. The first-order valence-electron chi connectivity index (χ1n) is 5.80. The van der Waals surface area contributed by atoms with E-state index in [4.69, 9.17) is 9.47 Å². The van der Waals surface area contributed by atoms with E-state index in [9.17, 15) is 10.1 Å². The maximum absolute atomic E-state index is 10.8. The van der Waals surface area contributed by atoms with Crippen LogP contribution in [0.4, 0.5) is 5.69 Å². The molecule has 0 fully saturated rings. The first-order chi connectivity index (χ1) is 9.61. The van der Waals surface area contributed by atoms with Crippen LogP contribution in [0.5, 0.6) is 11.5 Å². The van der Waals surface area contributed by atoms with Gasteiger partial charge in [-0.15, -0.1) is 0 Å². The number of halogens is 1. The van der Waals surface area contributed by atoms with Gasteiger partial charge in [0.05, 0.1) is 16.5 Å². The first kappa shape index (κ1) is 14.3. The Hall–Kier alpha value is -2.08. The Morgan fingerprint density at radius 1 is 1.20 bits per heavy atom. The maximum atomic E-state index is 10.8. The molecule has 6 heteroatoms. The van der Waals surface area contributed by atoms with E-state index >= 15 is 0 Å². The molecule has 0 atom stereocenters. The second-order valence-electron chi connectivity index (χ2n) is 3.97. The van der Waals surface area contributed by atoms with Crippen molar-refractivity contribution in [3.05, 3.63) is 62.6 Å². The van der Waals surface area contributed by atoms with E-state index in [1.165, 1.54) is 19.2 Å². The summed E-state index contributed by atoms with van der Waals surface area (Å²) in [6.07, 6.45) is 0. The van der Waals surface area contributed by atoms with Crippen molar-refractivity contribution in [3.63, 3.8) is 0 Å². The minimum atomic E-state index is -0.443. The van der Waals surface area contributed by atoms with E-state index in [2.05, 4.69) is 15.9 Å². The average molecular weight is 338 g/mol. The van der Waals surface area contributed by atoms with Gasteiger partial charge in [-0.25, -0.2) is 0 Å². The molecule has 2 aromatic carbocycles. The Labute approximate surface area is 124 Å². The molecule has 20 heavy (non-hydrogen) atoms. The van der Waals surface area contributed by atoms with Crippen LogP contribution in [0.2, 0.25) is 0 Å². The molecule has 0 bridgehead atoms. The smallest absolute Gasteiger partial charge is 0.270 e. The summed E-state index contributed by atoms with van der Waals surface area (Å²) in [5.41, 5.74) is 0.633. The Morgan fingerprint density at radius 3 is 2.60 bits per heavy atom. The first-order valence-corrected chi connectivity index (χ1v) is 6.59. The minimum Gasteiger partial charge on any atom is -0.496 e. The predicted molar refractivity (Wildman–Crippen MR) is 78.1 cm³/mol. The van der Waals surface area contributed by atoms with Crippen molar-refractivity contribution < 1.29 is 14.4 Å². The largest absolute Gasteiger partial charge is 0.496 e. The van der Waals surface area contributed by atoms with Gasteiger partial charge >= 0.3 is 0 Å². The molecule has 0 saturated carbocycles. The fraction of sp³-hybridized carbons (Fsp3) is 0.143. The van der Waals surface area contributed by atoms with Gasteiger partial charge in [-0.1, -0.05) is 12.1 Å². The molecule has 0 unspecified atom stereocenters. The molecular formula is C14H12BrNO4. The summed E-state index contributed by atoms with van der Waals surface area (Å²) < 4.78 is 11.7. The zero-order chi connectivity index (χ0) is 14.5. The van der Waals surface area contributed by atoms with Crippen molar-refractivity contribution in [1.82, 2.24) is 0 Å². The summed E-state index contributed by atoms with van der Waals surface area (Å²) >= 11 is 3.38. The zero-order valence-electron chi connectivity index (χ0n) is 10.7. The van der Waals surface area contributed by atoms with E-state index < -0.39 is 4.92 Å². The van der Waals surface area contributed by atoms with Gasteiger partial charge in [-0.2, -0.15) is 0 Å². The van der Waals surface area contributed by atoms with E-state index in [-0.39, 0.29) is 12.3 Å². The molecule has 0 aliphatic carbocycles. The van der Waals surface area contributed by atoms with Crippen LogP contribution in [-0.4, -0.2) is 12.0 Å². The summed E-state index contributed by atoms with van der Waals surface area (Å²) in [5.74, 6) is 1.23. The van der Waals surface area contributed by atoms with Crippen LogP contribution in [0, 0.1) is 10.1 Å². The Bertz CT molecular complexity index is 630. The van der Waals surface area contributed by atoms with E-state index in [0.29, 0.717) is 17.1 Å². The van der Waals surface area contributed by atoms with Crippen molar-refractivity contribution in [2.45, 2.75) is 6.61 Å². The quantitative estimate of drug-likeness (QED) is 0.612. The topological polar surface area (TPSA) is 61.6 Å². The number of rotatable bonds is 5. The van der Waals surface area contributed by atoms with Crippen molar-refractivity contribution >= 4 is 21.6 Å². The number of para-hydroxylation sites is 1. The normalized spacial score (nSPS) is 10.1. The number of hydrogen-bond donors (Lipinski definition) is 0. The SMILES string of the molecule is COc1ccc([N+](=O)[O-])cc1COc1ccccc1Br. The molecule has 0 heterocycles. The van der Waals surface area contributed by atoms with Crippen LogP contribution in [0.1, 0.15) is 5.56 Å². The third kappa shape index (κ3) is 3.27. The molecule has 2 rings (SSSR count). The molecule has 2 aromatic rings. The number of methoxy groups -OCH3 is 1. The predicted octanol–water partition coefficient (Wildman–Crippen LogP) is 3.94. The number of non-ortho nitro benzene ring substituents is 1. The molecule has 104 valence electrons. The highest BCUT2D eigenvalue weighted by molar-refractivity contribution is 9.10. The third-order valence-corrected chi connectivity index (χ3v) is 3.35. The molecule has 0 aliphatic rings. The highest BCUT2D eigenvalue weighted by Crippen LogP contribution is 2.28. The molecule has 5 nitrogen and oxygen atoms in total. The second-order valence-corrected chi connectivity index (χ2v) is 4.83. The van der Waals surface area contributed by atoms with Crippen LogP contribution in [0.15, 0.2) is 46.9 Å². The van der Waals surface area contributed by atoms with E-state index in [1.807, 2.05) is 24.3 Å². The lowest BCUT2D eigenvalue weighted by Crippen LogP contribution is -2.00. The number of nitro groups is 1. The Balaban J connectivity index is 2.22. The molecule has 0 radical (unpaired) electrons. The zero-order valence-corrected chi connectivity index (χ0v) is 12.3. The van der Waals surface area contributed by atoms with E-state index in [0.717, 1.165) is 4.47 Å². The number of ether oxygens (including phenoxy) is 2. The van der Waals surface area contributed by atoms with Gasteiger partial charge in [0.1, 0.15) is 18.1 Å². The van der Waals surface area contributed by atoms with Gasteiger partial charge in [0.25, 0.3) is 5.69 Å². The monoisotopic (exact) mass is 337 g/mol. The Kier molecular flexibility index (Phi) is 4.57. The van der Waals surface area contributed by atoms with Gasteiger partial charge in [0.2, 0.25) is 0 Å². The molecule has 0 saturated heterocycles. The van der Waals surface area contributed by atoms with Gasteiger partial charge in [0, 0.05) is 17.7 Å². The van der Waals surface area contributed by atoms with E-state index in [1.54, 1.807) is 6.07 Å². The Morgan fingerprint density at radius 2 is 1.95 bits per heavy atom. The molecule has 0 amide bonds. The second kappa shape index (κ2) is 6.38. The lowest BCUT2D eigenvalue weighted by atomic mass is 10.2. The molecule has 0 aliphatic heterocycles. The van der Waals surface area contributed by atoms with Crippen LogP contribution < -0.4 is 9.47 Å². The summed E-state index contributed by atoms with van der Waals surface area (Å²) in [4.78, 5) is 10.4. The van der Waals surface area contributed by atoms with Gasteiger partial charge in [0.15, 0.2) is 0 Å². The van der Waals surface area contributed by atoms with Crippen molar-refractivity contribution in [3.8, 4) is 11.5 Å². The fourth-order valence-electron chi connectivity index (χ4n) is 1.71. The van der Waals surface area contributed by atoms with Crippen LogP contribution in [-0.2, 0) is 6.61 Å². The lowest BCUT2D eigenvalue weighted by Gasteiger charge is -2.11. The molecular weight excluding hydrogens is 326 g/mol. The van der Waals surface area contributed by atoms with Crippen molar-refractivity contribution in [1.29, 1.82) is 0 Å². The summed E-state index contributed by atoms with van der Waals surface area (Å²) in [5, 5.41) is 10.8. The van der Waals surface area contributed by atoms with Crippen LogP contribution >= 0.6 is 15.9 Å².